The fourth-order valence-electron chi connectivity index (χ4n) is 6.42. The first kappa shape index (κ1) is 26.4. The summed E-state index contributed by atoms with van der Waals surface area (Å²) in [5.74, 6) is 0.505. The minimum atomic E-state index is -0.958. The van der Waals surface area contributed by atoms with Crippen molar-refractivity contribution in [1.29, 1.82) is 5.26 Å². The van der Waals surface area contributed by atoms with Crippen molar-refractivity contribution in [1.82, 2.24) is 20.2 Å². The number of carbonyl (C=O) groups is 1. The van der Waals surface area contributed by atoms with Crippen LogP contribution in [0.3, 0.4) is 0 Å². The molecule has 0 unspecified atom stereocenters. The molecule has 0 aliphatic heterocycles. The van der Waals surface area contributed by atoms with Crippen LogP contribution >= 0.6 is 0 Å². The van der Waals surface area contributed by atoms with Gasteiger partial charge in [-0.3, -0.25) is 15.2 Å². The molecule has 0 radical (unpaired) electrons. The first-order valence-corrected chi connectivity index (χ1v) is 14.4. The van der Waals surface area contributed by atoms with Crippen molar-refractivity contribution in [3.8, 4) is 28.6 Å². The van der Waals surface area contributed by atoms with E-state index >= 15 is 0 Å². The summed E-state index contributed by atoms with van der Waals surface area (Å²) in [5.41, 5.74) is 6.40. The first-order valence-electron chi connectivity index (χ1n) is 14.4. The number of fused-ring (bicyclic) bond motifs is 3. The van der Waals surface area contributed by atoms with Crippen LogP contribution in [-0.2, 0) is 16.6 Å². The molecule has 210 valence electrons. The van der Waals surface area contributed by atoms with E-state index in [1.807, 2.05) is 68.6 Å². The Balaban J connectivity index is 1.14. The maximum atomic E-state index is 13.7. The topological polar surface area (TPSA) is 110 Å². The van der Waals surface area contributed by atoms with Crippen LogP contribution in [0, 0.1) is 16.7 Å². The molecule has 6 aromatic rings. The largest absolute Gasteiger partial charge is 0.361 e. The smallest absolute Gasteiger partial charge is 0.249 e. The predicted octanol–water partition coefficient (Wildman–Crippen LogP) is 7.39. The number of nitriles is 1. The number of carbonyl (C=O) groups excluding carboxylic acids is 1. The number of hydrogen-bond acceptors (Lipinski definition) is 4. The summed E-state index contributed by atoms with van der Waals surface area (Å²) >= 11 is 0. The summed E-state index contributed by atoms with van der Waals surface area (Å²) in [6.07, 6.45) is 3.01. The van der Waals surface area contributed by atoms with Crippen LogP contribution in [0.2, 0.25) is 0 Å². The molecule has 2 heterocycles. The molecule has 0 saturated carbocycles. The highest BCUT2D eigenvalue weighted by atomic mass is 16.2. The number of aromatic amines is 2. The Morgan fingerprint density at radius 3 is 2.35 bits per heavy atom. The molecular weight excluding hydrogens is 532 g/mol. The standard InChI is InChI=1S/C36H30N6O/c1-35(2,21-36(22-37)29-12-5-3-8-25(29)20-26-9-4-6-13-30(26)36)33(43)40-34-39-32(41-42-34)28-11-7-10-23(19-28)24-14-15-31-27(18-24)16-17-38-31/h3-19,38H,20-21H2,1-2H3,(H2,39,40,41,42,43). The highest BCUT2D eigenvalue weighted by Gasteiger charge is 2.47. The maximum Gasteiger partial charge on any atom is 0.249 e. The predicted molar refractivity (Wildman–Crippen MR) is 168 cm³/mol. The summed E-state index contributed by atoms with van der Waals surface area (Å²) in [4.78, 5) is 21.6. The molecule has 3 N–H and O–H groups in total. The van der Waals surface area contributed by atoms with E-state index in [2.05, 4.69) is 80.1 Å². The summed E-state index contributed by atoms with van der Waals surface area (Å²) in [6.45, 7) is 3.75. The third-order valence-corrected chi connectivity index (χ3v) is 8.58. The lowest BCUT2D eigenvalue weighted by Gasteiger charge is -2.40. The number of nitrogens with zero attached hydrogens (tertiary/aromatic N) is 3. The highest BCUT2D eigenvalue weighted by Crippen LogP contribution is 2.48. The van der Waals surface area contributed by atoms with Gasteiger partial charge in [-0.25, -0.2) is 0 Å². The van der Waals surface area contributed by atoms with Gasteiger partial charge in [0.25, 0.3) is 0 Å². The van der Waals surface area contributed by atoms with Crippen LogP contribution in [0.25, 0.3) is 33.4 Å². The molecule has 0 atom stereocenters. The molecule has 0 saturated heterocycles. The molecule has 1 aliphatic carbocycles. The average molecular weight is 563 g/mol. The number of hydrogen-bond donors (Lipinski definition) is 3. The SMILES string of the molecule is CC(C)(CC1(C#N)c2ccccc2Cc2ccccc21)C(=O)Nc1n[nH]c(-c2cccc(-c3ccc4[nH]ccc4c3)c2)n1. The van der Waals surface area contributed by atoms with Crippen molar-refractivity contribution < 1.29 is 4.79 Å². The van der Waals surface area contributed by atoms with E-state index in [1.165, 1.54) is 0 Å². The molecule has 7 heteroatoms. The summed E-state index contributed by atoms with van der Waals surface area (Å²) < 4.78 is 0. The fraction of sp³-hybridized carbons (Fsp3) is 0.167. The maximum absolute atomic E-state index is 13.7. The van der Waals surface area contributed by atoms with Gasteiger partial charge in [0, 0.05) is 22.7 Å². The van der Waals surface area contributed by atoms with Gasteiger partial charge in [0.1, 0.15) is 5.41 Å². The van der Waals surface area contributed by atoms with Crippen molar-refractivity contribution in [3.05, 3.63) is 126 Å². The number of aromatic nitrogens is 4. The molecular formula is C36H30N6O. The minimum absolute atomic E-state index is 0.197. The Bertz CT molecular complexity index is 2000. The Labute approximate surface area is 249 Å². The van der Waals surface area contributed by atoms with E-state index in [0.29, 0.717) is 12.2 Å². The van der Waals surface area contributed by atoms with Gasteiger partial charge in [-0.05, 0) is 75.9 Å². The van der Waals surface area contributed by atoms with Crippen LogP contribution in [0.15, 0.2) is 103 Å². The monoisotopic (exact) mass is 562 g/mol. The van der Waals surface area contributed by atoms with Crippen LogP contribution < -0.4 is 5.32 Å². The number of H-pyrrole nitrogens is 2. The number of nitrogens with one attached hydrogen (secondary N) is 3. The number of amides is 1. The molecule has 0 bridgehead atoms. The first-order chi connectivity index (χ1) is 20.9. The zero-order chi connectivity index (χ0) is 29.6. The van der Waals surface area contributed by atoms with E-state index in [0.717, 1.165) is 56.3 Å². The molecule has 7 nitrogen and oxygen atoms in total. The Kier molecular flexibility index (Phi) is 6.21. The minimum Gasteiger partial charge on any atom is -0.361 e. The van der Waals surface area contributed by atoms with Crippen molar-refractivity contribution >= 4 is 22.8 Å². The molecule has 7 rings (SSSR count). The average Bonchev–Trinajstić information content (AvgIpc) is 3.70. The normalized spacial score (nSPS) is 13.6. The van der Waals surface area contributed by atoms with Crippen molar-refractivity contribution in [3.63, 3.8) is 0 Å². The molecule has 43 heavy (non-hydrogen) atoms. The Morgan fingerprint density at radius 2 is 1.60 bits per heavy atom. The fourth-order valence-corrected chi connectivity index (χ4v) is 6.42. The van der Waals surface area contributed by atoms with Gasteiger partial charge in [0.2, 0.25) is 11.9 Å². The molecule has 0 fully saturated rings. The van der Waals surface area contributed by atoms with Gasteiger partial charge in [-0.1, -0.05) is 86.6 Å². The summed E-state index contributed by atoms with van der Waals surface area (Å²) in [6, 6.07) is 35.2. The molecule has 1 amide bonds. The lowest BCUT2D eigenvalue weighted by atomic mass is 9.61. The van der Waals surface area contributed by atoms with E-state index in [-0.39, 0.29) is 11.9 Å². The quantitative estimate of drug-likeness (QED) is 0.197. The van der Waals surface area contributed by atoms with Gasteiger partial charge in [0.15, 0.2) is 5.82 Å². The number of rotatable bonds is 6. The summed E-state index contributed by atoms with van der Waals surface area (Å²) in [5, 5.41) is 22.1. The Hall–Kier alpha value is -5.48. The van der Waals surface area contributed by atoms with Crippen molar-refractivity contribution in [2.24, 2.45) is 5.41 Å². The second kappa shape index (κ2) is 10.1. The second-order valence-electron chi connectivity index (χ2n) is 11.9. The zero-order valence-electron chi connectivity index (χ0n) is 24.0. The van der Waals surface area contributed by atoms with Crippen LogP contribution in [-0.4, -0.2) is 26.1 Å². The van der Waals surface area contributed by atoms with Gasteiger partial charge in [-0.2, -0.15) is 10.2 Å². The molecule has 0 spiro atoms. The highest BCUT2D eigenvalue weighted by molar-refractivity contribution is 5.94. The second-order valence-corrected chi connectivity index (χ2v) is 11.9. The van der Waals surface area contributed by atoms with E-state index < -0.39 is 10.8 Å². The lowest BCUT2D eigenvalue weighted by molar-refractivity contribution is -0.124. The number of anilines is 1. The van der Waals surface area contributed by atoms with E-state index in [4.69, 9.17) is 0 Å². The van der Waals surface area contributed by atoms with Gasteiger partial charge < -0.3 is 4.98 Å². The third-order valence-electron chi connectivity index (χ3n) is 8.58. The van der Waals surface area contributed by atoms with Crippen LogP contribution in [0.4, 0.5) is 5.95 Å². The van der Waals surface area contributed by atoms with Gasteiger partial charge in [-0.15, -0.1) is 5.10 Å². The van der Waals surface area contributed by atoms with Crippen molar-refractivity contribution in [2.45, 2.75) is 32.1 Å². The lowest BCUT2D eigenvalue weighted by Crippen LogP contribution is -2.41. The Morgan fingerprint density at radius 1 is 0.907 bits per heavy atom. The zero-order valence-corrected chi connectivity index (χ0v) is 24.0. The van der Waals surface area contributed by atoms with E-state index in [9.17, 15) is 10.1 Å². The number of benzene rings is 4. The molecule has 2 aromatic heterocycles. The van der Waals surface area contributed by atoms with Crippen LogP contribution in [0.5, 0.6) is 0 Å². The molecule has 4 aromatic carbocycles. The summed E-state index contributed by atoms with van der Waals surface area (Å²) in [7, 11) is 0. The molecule has 1 aliphatic rings. The van der Waals surface area contributed by atoms with Crippen LogP contribution in [0.1, 0.15) is 42.5 Å². The third kappa shape index (κ3) is 4.58. The van der Waals surface area contributed by atoms with Gasteiger partial charge in [0.05, 0.1) is 6.07 Å². The van der Waals surface area contributed by atoms with Crippen molar-refractivity contribution in [2.75, 3.05) is 5.32 Å². The van der Waals surface area contributed by atoms with E-state index in [1.54, 1.807) is 0 Å². The van der Waals surface area contributed by atoms with Gasteiger partial charge >= 0.3 is 0 Å².